The minimum Gasteiger partial charge on any atom is -0.355 e. The van der Waals surface area contributed by atoms with Crippen LogP contribution in [0.5, 0.6) is 0 Å². The smallest absolute Gasteiger partial charge is 0.146 e. The molecule has 0 bridgehead atoms. The second kappa shape index (κ2) is 3.34. The molecule has 0 atom stereocenters. The first-order chi connectivity index (χ1) is 5.47. The maximum Gasteiger partial charge on any atom is 0.146 e. The zero-order chi connectivity index (χ0) is 7.52. The molecule has 1 fully saturated rings. The summed E-state index contributed by atoms with van der Waals surface area (Å²) in [6.07, 6.45) is 0. The standard InChI is InChI=1S/C8H10O2S/c1-2-8(11-3-1)7-4-9-6-10-5-7/h1-3,7H,4-6H2. The van der Waals surface area contributed by atoms with Crippen molar-refractivity contribution in [2.45, 2.75) is 5.92 Å². The number of hydrogen-bond acceptors (Lipinski definition) is 3. The van der Waals surface area contributed by atoms with Crippen LogP contribution >= 0.6 is 11.3 Å². The monoisotopic (exact) mass is 170 g/mol. The van der Waals surface area contributed by atoms with E-state index in [0.29, 0.717) is 12.7 Å². The third-order valence-corrected chi connectivity index (χ3v) is 2.79. The molecule has 1 aliphatic rings. The van der Waals surface area contributed by atoms with Crippen LogP contribution in [-0.4, -0.2) is 20.0 Å². The fraction of sp³-hybridized carbons (Fsp3) is 0.500. The van der Waals surface area contributed by atoms with Crippen molar-refractivity contribution >= 4 is 11.3 Å². The highest BCUT2D eigenvalue weighted by Gasteiger charge is 2.16. The maximum atomic E-state index is 5.19. The molecule has 0 saturated carbocycles. The normalized spacial score (nSPS) is 20.4. The fourth-order valence-electron chi connectivity index (χ4n) is 1.18. The minimum atomic E-state index is 0.460. The van der Waals surface area contributed by atoms with E-state index < -0.39 is 0 Å². The fourth-order valence-corrected chi connectivity index (χ4v) is 1.98. The van der Waals surface area contributed by atoms with Gasteiger partial charge in [0.25, 0.3) is 0 Å². The van der Waals surface area contributed by atoms with Crippen LogP contribution in [0.15, 0.2) is 17.5 Å². The summed E-state index contributed by atoms with van der Waals surface area (Å²) in [7, 11) is 0. The Bertz CT molecular complexity index is 202. The van der Waals surface area contributed by atoms with Gasteiger partial charge in [-0.2, -0.15) is 0 Å². The minimum absolute atomic E-state index is 0.460. The lowest BCUT2D eigenvalue weighted by atomic mass is 10.1. The maximum absolute atomic E-state index is 5.19. The van der Waals surface area contributed by atoms with E-state index in [4.69, 9.17) is 9.47 Å². The van der Waals surface area contributed by atoms with Gasteiger partial charge < -0.3 is 9.47 Å². The van der Waals surface area contributed by atoms with Crippen LogP contribution < -0.4 is 0 Å². The van der Waals surface area contributed by atoms with E-state index in [9.17, 15) is 0 Å². The Morgan fingerprint density at radius 3 is 2.82 bits per heavy atom. The highest BCUT2D eigenvalue weighted by molar-refractivity contribution is 7.10. The molecule has 2 heterocycles. The molecular weight excluding hydrogens is 160 g/mol. The second-order valence-corrected chi connectivity index (χ2v) is 3.55. The summed E-state index contributed by atoms with van der Waals surface area (Å²) in [5.41, 5.74) is 0. The van der Waals surface area contributed by atoms with Gasteiger partial charge in [0, 0.05) is 10.8 Å². The molecule has 2 nitrogen and oxygen atoms in total. The predicted molar refractivity (Wildman–Crippen MR) is 43.8 cm³/mol. The molecule has 1 aromatic heterocycles. The van der Waals surface area contributed by atoms with Crippen molar-refractivity contribution in [1.29, 1.82) is 0 Å². The quantitative estimate of drug-likeness (QED) is 0.640. The summed E-state index contributed by atoms with van der Waals surface area (Å²) < 4.78 is 10.4. The van der Waals surface area contributed by atoms with Crippen LogP contribution in [0.1, 0.15) is 10.8 Å². The summed E-state index contributed by atoms with van der Waals surface area (Å²) in [4.78, 5) is 1.37. The van der Waals surface area contributed by atoms with Gasteiger partial charge in [0.05, 0.1) is 13.2 Å². The summed E-state index contributed by atoms with van der Waals surface area (Å²) in [6, 6.07) is 4.20. The van der Waals surface area contributed by atoms with Crippen LogP contribution in [-0.2, 0) is 9.47 Å². The average molecular weight is 170 g/mol. The van der Waals surface area contributed by atoms with Gasteiger partial charge in [0.2, 0.25) is 0 Å². The molecule has 0 aliphatic carbocycles. The summed E-state index contributed by atoms with van der Waals surface area (Å²) in [5, 5.41) is 2.09. The lowest BCUT2D eigenvalue weighted by Crippen LogP contribution is -2.21. The van der Waals surface area contributed by atoms with Crippen molar-refractivity contribution in [2.24, 2.45) is 0 Å². The largest absolute Gasteiger partial charge is 0.355 e. The van der Waals surface area contributed by atoms with Crippen molar-refractivity contribution in [3.63, 3.8) is 0 Å². The molecule has 60 valence electrons. The highest BCUT2D eigenvalue weighted by Crippen LogP contribution is 2.23. The topological polar surface area (TPSA) is 18.5 Å². The van der Waals surface area contributed by atoms with Crippen LogP contribution in [0, 0.1) is 0 Å². The number of ether oxygens (including phenoxy) is 2. The van der Waals surface area contributed by atoms with Gasteiger partial charge >= 0.3 is 0 Å². The molecular formula is C8H10O2S. The van der Waals surface area contributed by atoms with Gasteiger partial charge in [0.1, 0.15) is 6.79 Å². The Kier molecular flexibility index (Phi) is 2.21. The van der Waals surface area contributed by atoms with Gasteiger partial charge in [-0.05, 0) is 11.4 Å². The van der Waals surface area contributed by atoms with Crippen LogP contribution in [0.25, 0.3) is 0 Å². The molecule has 1 saturated heterocycles. The first kappa shape index (κ1) is 7.28. The molecule has 11 heavy (non-hydrogen) atoms. The van der Waals surface area contributed by atoms with Gasteiger partial charge in [-0.15, -0.1) is 11.3 Å². The van der Waals surface area contributed by atoms with Crippen molar-refractivity contribution in [3.8, 4) is 0 Å². The molecule has 1 aromatic rings. The van der Waals surface area contributed by atoms with E-state index in [2.05, 4.69) is 17.5 Å². The highest BCUT2D eigenvalue weighted by atomic mass is 32.1. The summed E-state index contributed by atoms with van der Waals surface area (Å²) in [5.74, 6) is 0.462. The predicted octanol–water partition coefficient (Wildman–Crippen LogP) is 1.84. The van der Waals surface area contributed by atoms with E-state index in [-0.39, 0.29) is 0 Å². The number of hydrogen-bond donors (Lipinski definition) is 0. The lowest BCUT2D eigenvalue weighted by molar-refractivity contribution is -0.107. The van der Waals surface area contributed by atoms with Crippen LogP contribution in [0.3, 0.4) is 0 Å². The Balaban J connectivity index is 2.04. The van der Waals surface area contributed by atoms with E-state index in [1.165, 1.54) is 4.88 Å². The first-order valence-electron chi connectivity index (χ1n) is 3.66. The number of thiophene rings is 1. The third kappa shape index (κ3) is 1.61. The van der Waals surface area contributed by atoms with Gasteiger partial charge in [-0.3, -0.25) is 0 Å². The van der Waals surface area contributed by atoms with Gasteiger partial charge in [0.15, 0.2) is 0 Å². The third-order valence-electron chi connectivity index (χ3n) is 1.75. The molecule has 0 unspecified atom stereocenters. The van der Waals surface area contributed by atoms with E-state index in [1.807, 2.05) is 0 Å². The molecule has 0 spiro atoms. The molecule has 0 aromatic carbocycles. The van der Waals surface area contributed by atoms with E-state index >= 15 is 0 Å². The molecule has 0 N–H and O–H groups in total. The Morgan fingerprint density at radius 1 is 1.36 bits per heavy atom. The zero-order valence-electron chi connectivity index (χ0n) is 6.16. The summed E-state index contributed by atoms with van der Waals surface area (Å²) in [6.45, 7) is 2.07. The Labute approximate surface area is 69.8 Å². The van der Waals surface area contributed by atoms with Crippen LogP contribution in [0.4, 0.5) is 0 Å². The molecule has 3 heteroatoms. The number of rotatable bonds is 1. The van der Waals surface area contributed by atoms with Crippen molar-refractivity contribution in [3.05, 3.63) is 22.4 Å². The Hall–Kier alpha value is -0.380. The van der Waals surface area contributed by atoms with E-state index in [0.717, 1.165) is 13.2 Å². The summed E-state index contributed by atoms with van der Waals surface area (Å²) >= 11 is 1.77. The molecule has 1 aliphatic heterocycles. The second-order valence-electron chi connectivity index (χ2n) is 2.57. The first-order valence-corrected chi connectivity index (χ1v) is 4.53. The van der Waals surface area contributed by atoms with Crippen LogP contribution in [0.2, 0.25) is 0 Å². The van der Waals surface area contributed by atoms with Crippen molar-refractivity contribution in [1.82, 2.24) is 0 Å². The van der Waals surface area contributed by atoms with Crippen molar-refractivity contribution < 1.29 is 9.47 Å². The molecule has 2 rings (SSSR count). The van der Waals surface area contributed by atoms with E-state index in [1.54, 1.807) is 11.3 Å². The van der Waals surface area contributed by atoms with Crippen molar-refractivity contribution in [2.75, 3.05) is 20.0 Å². The molecule has 0 amide bonds. The van der Waals surface area contributed by atoms with Gasteiger partial charge in [-0.25, -0.2) is 0 Å². The zero-order valence-corrected chi connectivity index (χ0v) is 6.97. The lowest BCUT2D eigenvalue weighted by Gasteiger charge is -2.20. The Morgan fingerprint density at radius 2 is 2.18 bits per heavy atom. The van der Waals surface area contributed by atoms with Gasteiger partial charge in [-0.1, -0.05) is 6.07 Å². The average Bonchev–Trinajstić information content (AvgIpc) is 2.58. The molecule has 0 radical (unpaired) electrons. The SMILES string of the molecule is c1csc(C2COCOC2)c1.